The maximum Gasteiger partial charge on any atom is 0.521 e. The normalized spacial score (nSPS) is 10.4. The predicted molar refractivity (Wildman–Crippen MR) is 117 cm³/mol. The van der Waals surface area contributed by atoms with Gasteiger partial charge in [-0.15, -0.1) is 0 Å². The van der Waals surface area contributed by atoms with Gasteiger partial charge in [0.2, 0.25) is 5.89 Å². The third-order valence-electron chi connectivity index (χ3n) is 4.65. The first-order valence-electron chi connectivity index (χ1n) is 9.86. The molecule has 7 heteroatoms. The van der Waals surface area contributed by atoms with E-state index in [9.17, 15) is 4.79 Å². The van der Waals surface area contributed by atoms with E-state index in [1.54, 1.807) is 50.6 Å². The Morgan fingerprint density at radius 3 is 2.00 bits per heavy atom. The van der Waals surface area contributed by atoms with Crippen molar-refractivity contribution in [2.75, 3.05) is 14.2 Å². The molecule has 1 heterocycles. The van der Waals surface area contributed by atoms with Crippen molar-refractivity contribution < 1.29 is 28.2 Å². The summed E-state index contributed by atoms with van der Waals surface area (Å²) in [5.41, 5.74) is 2.20. The molecule has 0 unspecified atom stereocenters. The van der Waals surface area contributed by atoms with Gasteiger partial charge >= 0.3 is 12.1 Å². The Labute approximate surface area is 185 Å². The summed E-state index contributed by atoms with van der Waals surface area (Å²) >= 11 is 0. The molecule has 0 atom stereocenters. The Kier molecular flexibility index (Phi) is 6.36. The van der Waals surface area contributed by atoms with Gasteiger partial charge < -0.3 is 23.4 Å². The fourth-order valence-corrected chi connectivity index (χ4v) is 3.01. The van der Waals surface area contributed by atoms with Crippen LogP contribution in [-0.2, 0) is 6.42 Å². The number of oxazole rings is 1. The standard InChI is InChI=1S/C25H21NO6/c1-28-19-10-8-18(9-11-19)23-26-22(16-17-6-4-3-5-7-17)24(31-23)32-25(27)30-21-14-12-20(29-2)13-15-21/h3-15H,16H2,1-2H3. The van der Waals surface area contributed by atoms with Crippen LogP contribution in [0.1, 0.15) is 11.3 Å². The van der Waals surface area contributed by atoms with Crippen LogP contribution in [0.25, 0.3) is 11.5 Å². The molecular formula is C25H21NO6. The van der Waals surface area contributed by atoms with Crippen LogP contribution >= 0.6 is 0 Å². The van der Waals surface area contributed by atoms with E-state index in [2.05, 4.69) is 4.98 Å². The molecule has 32 heavy (non-hydrogen) atoms. The summed E-state index contributed by atoms with van der Waals surface area (Å²) in [7, 11) is 3.15. The van der Waals surface area contributed by atoms with E-state index in [0.29, 0.717) is 35.3 Å². The molecule has 4 aromatic rings. The number of rotatable bonds is 7. The lowest BCUT2D eigenvalue weighted by molar-refractivity contribution is 0.140. The topological polar surface area (TPSA) is 80.0 Å². The van der Waals surface area contributed by atoms with Crippen molar-refractivity contribution in [3.63, 3.8) is 0 Å². The molecule has 0 saturated carbocycles. The van der Waals surface area contributed by atoms with Crippen LogP contribution in [0.4, 0.5) is 4.79 Å². The second-order valence-electron chi connectivity index (χ2n) is 6.77. The third kappa shape index (κ3) is 5.07. The number of methoxy groups -OCH3 is 2. The molecule has 4 rings (SSSR count). The number of hydrogen-bond donors (Lipinski definition) is 0. The van der Waals surface area contributed by atoms with E-state index in [1.807, 2.05) is 42.5 Å². The molecule has 3 aromatic carbocycles. The highest BCUT2D eigenvalue weighted by Gasteiger charge is 2.21. The highest BCUT2D eigenvalue weighted by Crippen LogP contribution is 2.30. The van der Waals surface area contributed by atoms with Crippen molar-refractivity contribution in [2.24, 2.45) is 0 Å². The zero-order valence-corrected chi connectivity index (χ0v) is 17.6. The van der Waals surface area contributed by atoms with Crippen molar-refractivity contribution in [3.05, 3.63) is 90.1 Å². The smallest absolute Gasteiger partial charge is 0.497 e. The minimum atomic E-state index is -0.929. The van der Waals surface area contributed by atoms with E-state index in [0.717, 1.165) is 11.1 Å². The molecule has 7 nitrogen and oxygen atoms in total. The first-order valence-corrected chi connectivity index (χ1v) is 9.86. The van der Waals surface area contributed by atoms with Gasteiger partial charge in [0.05, 0.1) is 14.2 Å². The molecule has 162 valence electrons. The van der Waals surface area contributed by atoms with Gasteiger partial charge in [0.25, 0.3) is 0 Å². The summed E-state index contributed by atoms with van der Waals surface area (Å²) in [5.74, 6) is 1.99. The Hall–Kier alpha value is -4.26. The predicted octanol–water partition coefficient (Wildman–Crippen LogP) is 5.53. The Morgan fingerprint density at radius 2 is 1.38 bits per heavy atom. The van der Waals surface area contributed by atoms with Crippen LogP contribution in [-0.4, -0.2) is 25.4 Å². The Morgan fingerprint density at radius 1 is 0.781 bits per heavy atom. The fourth-order valence-electron chi connectivity index (χ4n) is 3.01. The van der Waals surface area contributed by atoms with Gasteiger partial charge in [0, 0.05) is 12.0 Å². The summed E-state index contributed by atoms with van der Waals surface area (Å²) in [6.45, 7) is 0. The number of carbonyl (C=O) groups is 1. The minimum absolute atomic E-state index is 0.0156. The molecule has 0 aliphatic heterocycles. The lowest BCUT2D eigenvalue weighted by Crippen LogP contribution is -2.14. The Balaban J connectivity index is 1.57. The zero-order valence-electron chi connectivity index (χ0n) is 17.6. The molecule has 1 aromatic heterocycles. The molecule has 0 saturated heterocycles. The van der Waals surface area contributed by atoms with Gasteiger partial charge in [-0.1, -0.05) is 30.3 Å². The average molecular weight is 431 g/mol. The van der Waals surface area contributed by atoms with E-state index in [-0.39, 0.29) is 5.95 Å². The van der Waals surface area contributed by atoms with Crippen molar-refractivity contribution in [1.29, 1.82) is 0 Å². The second kappa shape index (κ2) is 9.70. The quantitative estimate of drug-likeness (QED) is 0.281. The highest BCUT2D eigenvalue weighted by atomic mass is 16.8. The molecule has 0 aliphatic carbocycles. The number of hydrogen-bond acceptors (Lipinski definition) is 7. The van der Waals surface area contributed by atoms with Crippen LogP contribution in [0.2, 0.25) is 0 Å². The van der Waals surface area contributed by atoms with Gasteiger partial charge in [0.1, 0.15) is 22.9 Å². The number of nitrogens with zero attached hydrogens (tertiary/aromatic N) is 1. The van der Waals surface area contributed by atoms with Gasteiger partial charge in [0.15, 0.2) is 0 Å². The fraction of sp³-hybridized carbons (Fsp3) is 0.120. The molecule has 0 N–H and O–H groups in total. The molecule has 0 radical (unpaired) electrons. The molecule has 0 amide bonds. The summed E-state index contributed by atoms with van der Waals surface area (Å²) in [6, 6.07) is 23.5. The monoisotopic (exact) mass is 431 g/mol. The highest BCUT2D eigenvalue weighted by molar-refractivity contribution is 5.67. The average Bonchev–Trinajstić information content (AvgIpc) is 3.22. The van der Waals surface area contributed by atoms with Crippen LogP contribution in [0.5, 0.6) is 23.2 Å². The number of carbonyl (C=O) groups excluding carboxylic acids is 1. The van der Waals surface area contributed by atoms with Crippen molar-refractivity contribution in [2.45, 2.75) is 6.42 Å². The molecular weight excluding hydrogens is 410 g/mol. The summed E-state index contributed by atoms with van der Waals surface area (Å²) < 4.78 is 26.7. The van der Waals surface area contributed by atoms with E-state index < -0.39 is 6.16 Å². The number of aromatic nitrogens is 1. The molecule has 0 spiro atoms. The van der Waals surface area contributed by atoms with Crippen LogP contribution in [0.15, 0.2) is 83.3 Å². The number of benzene rings is 3. The second-order valence-corrected chi connectivity index (χ2v) is 6.77. The minimum Gasteiger partial charge on any atom is -0.497 e. The van der Waals surface area contributed by atoms with Crippen molar-refractivity contribution >= 4 is 6.16 Å². The van der Waals surface area contributed by atoms with E-state index in [1.165, 1.54) is 0 Å². The van der Waals surface area contributed by atoms with E-state index >= 15 is 0 Å². The van der Waals surface area contributed by atoms with Gasteiger partial charge in [-0.25, -0.2) is 9.78 Å². The van der Waals surface area contributed by atoms with Crippen LogP contribution in [0.3, 0.4) is 0 Å². The van der Waals surface area contributed by atoms with Crippen molar-refractivity contribution in [3.8, 4) is 34.6 Å². The molecule has 0 fully saturated rings. The van der Waals surface area contributed by atoms with Gasteiger partial charge in [-0.05, 0) is 54.1 Å². The Bertz CT molecular complexity index is 1170. The number of ether oxygens (including phenoxy) is 4. The third-order valence-corrected chi connectivity index (χ3v) is 4.65. The van der Waals surface area contributed by atoms with Crippen LogP contribution < -0.4 is 18.9 Å². The summed E-state index contributed by atoms with van der Waals surface area (Å²) in [6.07, 6.45) is -0.507. The lowest BCUT2D eigenvalue weighted by Gasteiger charge is -2.05. The van der Waals surface area contributed by atoms with Gasteiger partial charge in [-0.3, -0.25) is 0 Å². The zero-order chi connectivity index (χ0) is 22.3. The van der Waals surface area contributed by atoms with Crippen LogP contribution in [0, 0.1) is 0 Å². The first kappa shape index (κ1) is 21.0. The first-order chi connectivity index (χ1) is 15.6. The van der Waals surface area contributed by atoms with E-state index in [4.69, 9.17) is 23.4 Å². The lowest BCUT2D eigenvalue weighted by atomic mass is 10.1. The maximum atomic E-state index is 12.4. The summed E-state index contributed by atoms with van der Waals surface area (Å²) in [5, 5.41) is 0. The summed E-state index contributed by atoms with van der Waals surface area (Å²) in [4.78, 5) is 16.9. The van der Waals surface area contributed by atoms with Crippen molar-refractivity contribution in [1.82, 2.24) is 4.98 Å². The molecule has 0 bridgehead atoms. The largest absolute Gasteiger partial charge is 0.521 e. The SMILES string of the molecule is COc1ccc(OC(=O)Oc2oc(-c3ccc(OC)cc3)nc2Cc2ccccc2)cc1. The van der Waals surface area contributed by atoms with Gasteiger partial charge in [-0.2, -0.15) is 0 Å². The molecule has 0 aliphatic rings. The maximum absolute atomic E-state index is 12.4.